The molecule has 88 valence electrons. The smallest absolute Gasteiger partial charge is 0.345 e. The summed E-state index contributed by atoms with van der Waals surface area (Å²) in [6, 6.07) is 6.85. The van der Waals surface area contributed by atoms with Crippen LogP contribution in [-0.4, -0.2) is 13.1 Å². The zero-order valence-corrected chi connectivity index (χ0v) is 9.65. The Morgan fingerprint density at radius 2 is 2.06 bits per heavy atom. The fraction of sp³-hybridized carbons (Fsp3) is 0.231. The van der Waals surface area contributed by atoms with Gasteiger partial charge in [0.05, 0.1) is 12.5 Å². The highest BCUT2D eigenvalue weighted by Crippen LogP contribution is 2.16. The molecule has 0 bridgehead atoms. The van der Waals surface area contributed by atoms with E-state index in [1.807, 2.05) is 6.92 Å². The lowest BCUT2D eigenvalue weighted by Gasteiger charge is -2.06. The van der Waals surface area contributed by atoms with E-state index in [0.29, 0.717) is 23.2 Å². The van der Waals surface area contributed by atoms with Crippen LogP contribution in [0.1, 0.15) is 23.0 Å². The van der Waals surface area contributed by atoms with E-state index in [4.69, 9.17) is 4.42 Å². The predicted molar refractivity (Wildman–Crippen MR) is 63.2 cm³/mol. The van der Waals surface area contributed by atoms with Crippen molar-refractivity contribution in [1.82, 2.24) is 0 Å². The zero-order chi connectivity index (χ0) is 12.4. The van der Waals surface area contributed by atoms with Crippen LogP contribution in [0.25, 0.3) is 11.0 Å². The summed E-state index contributed by atoms with van der Waals surface area (Å²) in [5.41, 5.74) is 0.145. The van der Waals surface area contributed by atoms with Crippen molar-refractivity contribution in [2.24, 2.45) is 0 Å². The minimum Gasteiger partial charge on any atom is -0.465 e. The average Bonchev–Trinajstić information content (AvgIpc) is 2.37. The van der Waals surface area contributed by atoms with E-state index in [-0.39, 0.29) is 11.0 Å². The summed E-state index contributed by atoms with van der Waals surface area (Å²) in [7, 11) is 1.25. The van der Waals surface area contributed by atoms with Gasteiger partial charge in [-0.05, 0) is 12.1 Å². The van der Waals surface area contributed by atoms with E-state index in [9.17, 15) is 9.59 Å². The summed E-state index contributed by atoms with van der Waals surface area (Å²) in [6.45, 7) is 1.82. The lowest BCUT2D eigenvalue weighted by Crippen LogP contribution is -2.19. The molecule has 0 N–H and O–H groups in total. The van der Waals surface area contributed by atoms with Gasteiger partial charge in [-0.15, -0.1) is 0 Å². The van der Waals surface area contributed by atoms with Crippen molar-refractivity contribution in [3.05, 3.63) is 45.8 Å². The van der Waals surface area contributed by atoms with Gasteiger partial charge in [-0.1, -0.05) is 19.1 Å². The van der Waals surface area contributed by atoms with E-state index in [2.05, 4.69) is 4.74 Å². The van der Waals surface area contributed by atoms with Gasteiger partial charge >= 0.3 is 5.97 Å². The van der Waals surface area contributed by atoms with Crippen LogP contribution in [0, 0.1) is 0 Å². The largest absolute Gasteiger partial charge is 0.465 e. The van der Waals surface area contributed by atoms with E-state index in [1.54, 1.807) is 24.3 Å². The predicted octanol–water partition coefficient (Wildman–Crippen LogP) is 2.14. The van der Waals surface area contributed by atoms with Crippen molar-refractivity contribution < 1.29 is 13.9 Å². The first-order chi connectivity index (χ1) is 8.19. The molecule has 4 nitrogen and oxygen atoms in total. The number of carbonyl (C=O) groups excluding carboxylic acids is 1. The molecule has 4 heteroatoms. The van der Waals surface area contributed by atoms with Crippen molar-refractivity contribution in [3.8, 4) is 0 Å². The Labute approximate surface area is 97.8 Å². The van der Waals surface area contributed by atoms with Crippen LogP contribution in [0.5, 0.6) is 0 Å². The average molecular weight is 232 g/mol. The van der Waals surface area contributed by atoms with Gasteiger partial charge in [-0.25, -0.2) is 4.79 Å². The van der Waals surface area contributed by atoms with Gasteiger partial charge in [0.1, 0.15) is 16.9 Å². The van der Waals surface area contributed by atoms with E-state index in [1.165, 1.54) is 7.11 Å². The number of hydrogen-bond donors (Lipinski definition) is 0. The fourth-order valence-electron chi connectivity index (χ4n) is 1.75. The third kappa shape index (κ3) is 1.82. The maximum absolute atomic E-state index is 12.1. The molecule has 0 unspecified atom stereocenters. The van der Waals surface area contributed by atoms with Crippen molar-refractivity contribution in [3.63, 3.8) is 0 Å². The first kappa shape index (κ1) is 11.4. The van der Waals surface area contributed by atoms with Crippen LogP contribution >= 0.6 is 0 Å². The van der Waals surface area contributed by atoms with E-state index < -0.39 is 5.97 Å². The first-order valence-electron chi connectivity index (χ1n) is 5.32. The molecule has 2 rings (SSSR count). The van der Waals surface area contributed by atoms with Crippen molar-refractivity contribution >= 4 is 16.9 Å². The molecule has 0 saturated heterocycles. The van der Waals surface area contributed by atoms with Crippen LogP contribution in [0.2, 0.25) is 0 Å². The third-order valence-electron chi connectivity index (χ3n) is 2.58. The lowest BCUT2D eigenvalue weighted by atomic mass is 10.1. The third-order valence-corrected chi connectivity index (χ3v) is 2.58. The molecule has 0 aliphatic rings. The highest BCUT2D eigenvalue weighted by molar-refractivity contribution is 5.94. The highest BCUT2D eigenvalue weighted by Gasteiger charge is 2.20. The molecule has 0 radical (unpaired) electrons. The molecule has 1 heterocycles. The summed E-state index contributed by atoms with van der Waals surface area (Å²) >= 11 is 0. The normalized spacial score (nSPS) is 10.5. The molecule has 0 aliphatic carbocycles. The van der Waals surface area contributed by atoms with Gasteiger partial charge in [-0.2, -0.15) is 0 Å². The van der Waals surface area contributed by atoms with E-state index >= 15 is 0 Å². The van der Waals surface area contributed by atoms with Crippen LogP contribution in [0.15, 0.2) is 33.5 Å². The second-order valence-corrected chi connectivity index (χ2v) is 3.57. The van der Waals surface area contributed by atoms with E-state index in [0.717, 1.165) is 0 Å². The topological polar surface area (TPSA) is 56.5 Å². The lowest BCUT2D eigenvalue weighted by molar-refractivity contribution is 0.0595. The number of para-hydroxylation sites is 1. The Kier molecular flexibility index (Phi) is 2.95. The molecule has 0 atom stereocenters. The summed E-state index contributed by atoms with van der Waals surface area (Å²) in [5, 5.41) is 0.394. The molecular weight excluding hydrogens is 220 g/mol. The van der Waals surface area contributed by atoms with Crippen molar-refractivity contribution in [2.75, 3.05) is 7.11 Å². The Morgan fingerprint density at radius 3 is 2.71 bits per heavy atom. The van der Waals surface area contributed by atoms with Crippen LogP contribution < -0.4 is 5.43 Å². The molecule has 2 aromatic rings. The number of benzene rings is 1. The maximum Gasteiger partial charge on any atom is 0.345 e. The fourth-order valence-corrected chi connectivity index (χ4v) is 1.75. The van der Waals surface area contributed by atoms with Gasteiger partial charge in [0.25, 0.3) is 0 Å². The minimum absolute atomic E-state index is 0.00583. The SMILES string of the molecule is CCc1oc2ccccc2c(=O)c1C(=O)OC. The molecule has 0 saturated carbocycles. The van der Waals surface area contributed by atoms with Crippen LogP contribution in [0.4, 0.5) is 0 Å². The molecule has 0 aliphatic heterocycles. The molecule has 1 aromatic heterocycles. The van der Waals surface area contributed by atoms with Crippen molar-refractivity contribution in [1.29, 1.82) is 0 Å². The van der Waals surface area contributed by atoms with Crippen LogP contribution in [0.3, 0.4) is 0 Å². The van der Waals surface area contributed by atoms with Gasteiger partial charge in [0, 0.05) is 6.42 Å². The monoisotopic (exact) mass is 232 g/mol. The highest BCUT2D eigenvalue weighted by atomic mass is 16.5. The summed E-state index contributed by atoms with van der Waals surface area (Å²) in [6.07, 6.45) is 0.463. The molecule has 17 heavy (non-hydrogen) atoms. The number of aryl methyl sites for hydroxylation is 1. The first-order valence-corrected chi connectivity index (χ1v) is 5.32. The zero-order valence-electron chi connectivity index (χ0n) is 9.65. The Bertz CT molecular complexity index is 625. The molecule has 0 fully saturated rings. The van der Waals surface area contributed by atoms with Gasteiger partial charge in [0.2, 0.25) is 5.43 Å². The van der Waals surface area contributed by atoms with Crippen molar-refractivity contribution in [2.45, 2.75) is 13.3 Å². The van der Waals surface area contributed by atoms with Gasteiger partial charge < -0.3 is 9.15 Å². The molecule has 1 aromatic carbocycles. The van der Waals surface area contributed by atoms with Gasteiger partial charge in [-0.3, -0.25) is 4.79 Å². The number of rotatable bonds is 2. The summed E-state index contributed by atoms with van der Waals surface area (Å²) < 4.78 is 10.2. The maximum atomic E-state index is 12.1. The number of fused-ring (bicyclic) bond motifs is 1. The minimum atomic E-state index is -0.652. The Hall–Kier alpha value is -2.10. The number of carbonyl (C=O) groups is 1. The number of hydrogen-bond acceptors (Lipinski definition) is 4. The summed E-state index contributed by atoms with van der Waals surface area (Å²) in [5.74, 6) is -0.290. The molecule has 0 spiro atoms. The quantitative estimate of drug-likeness (QED) is 0.744. The molecular formula is C13H12O4. The number of esters is 1. The van der Waals surface area contributed by atoms with Crippen LogP contribution in [-0.2, 0) is 11.2 Å². The number of ether oxygens (including phenoxy) is 1. The standard InChI is InChI=1S/C13H12O4/c1-3-9-11(13(15)16-2)12(14)8-6-4-5-7-10(8)17-9/h4-7H,3H2,1-2H3. The number of methoxy groups -OCH3 is 1. The Balaban J connectivity index is 2.86. The van der Waals surface area contributed by atoms with Gasteiger partial charge in [0.15, 0.2) is 0 Å². The molecule has 0 amide bonds. The second-order valence-electron chi connectivity index (χ2n) is 3.57. The Morgan fingerprint density at radius 1 is 1.35 bits per heavy atom. The summed E-state index contributed by atoms with van der Waals surface area (Å²) in [4.78, 5) is 23.7. The second kappa shape index (κ2) is 4.41.